The summed E-state index contributed by atoms with van der Waals surface area (Å²) in [6, 6.07) is 13.6. The molecule has 2 rings (SSSR count). The van der Waals surface area contributed by atoms with Gasteiger partial charge < -0.3 is 10.1 Å². The van der Waals surface area contributed by atoms with Gasteiger partial charge >= 0.3 is 5.97 Å². The number of esters is 1. The van der Waals surface area contributed by atoms with Crippen LogP contribution >= 0.6 is 0 Å². The van der Waals surface area contributed by atoms with Gasteiger partial charge in [0.15, 0.2) is 11.9 Å². The Labute approximate surface area is 147 Å². The number of ketones is 1. The number of benzene rings is 2. The van der Waals surface area contributed by atoms with Gasteiger partial charge in [-0.2, -0.15) is 0 Å². The molecule has 0 saturated carbocycles. The van der Waals surface area contributed by atoms with Gasteiger partial charge in [0, 0.05) is 11.3 Å². The summed E-state index contributed by atoms with van der Waals surface area (Å²) in [4.78, 5) is 35.5. The van der Waals surface area contributed by atoms with E-state index in [0.29, 0.717) is 16.8 Å². The maximum Gasteiger partial charge on any atom is 0.338 e. The van der Waals surface area contributed by atoms with Gasteiger partial charge in [-0.25, -0.2) is 4.79 Å². The summed E-state index contributed by atoms with van der Waals surface area (Å²) in [7, 11) is 0. The van der Waals surface area contributed by atoms with Crippen molar-refractivity contribution in [3.63, 3.8) is 0 Å². The van der Waals surface area contributed by atoms with Crippen LogP contribution in [0, 0.1) is 0 Å². The van der Waals surface area contributed by atoms with Crippen LogP contribution in [-0.2, 0) is 16.0 Å². The van der Waals surface area contributed by atoms with Crippen molar-refractivity contribution >= 4 is 23.3 Å². The molecule has 1 unspecified atom stereocenters. The number of aryl methyl sites for hydroxylation is 1. The highest BCUT2D eigenvalue weighted by atomic mass is 16.5. The Bertz CT molecular complexity index is 763. The summed E-state index contributed by atoms with van der Waals surface area (Å²) in [5.74, 6) is -1.03. The van der Waals surface area contributed by atoms with E-state index in [1.165, 1.54) is 13.8 Å². The Morgan fingerprint density at radius 3 is 2.04 bits per heavy atom. The molecule has 0 bridgehead atoms. The smallest absolute Gasteiger partial charge is 0.338 e. The predicted molar refractivity (Wildman–Crippen MR) is 95.8 cm³/mol. The van der Waals surface area contributed by atoms with Crippen molar-refractivity contribution < 1.29 is 19.1 Å². The topological polar surface area (TPSA) is 72.5 Å². The van der Waals surface area contributed by atoms with Gasteiger partial charge in [-0.3, -0.25) is 9.59 Å². The molecule has 5 nitrogen and oxygen atoms in total. The molecule has 2 aromatic carbocycles. The van der Waals surface area contributed by atoms with E-state index in [1.807, 2.05) is 19.1 Å². The average Bonchev–Trinajstić information content (AvgIpc) is 2.62. The molecule has 2 aromatic rings. The van der Waals surface area contributed by atoms with Crippen molar-refractivity contribution in [3.05, 3.63) is 65.2 Å². The SMILES string of the molecule is CCc1ccc(C(=O)OC(C)C(=O)Nc2ccc(C(C)=O)cc2)cc1. The molecule has 1 N–H and O–H groups in total. The zero-order valence-electron chi connectivity index (χ0n) is 14.5. The van der Waals surface area contributed by atoms with Crippen LogP contribution in [0.15, 0.2) is 48.5 Å². The average molecular weight is 339 g/mol. The number of anilines is 1. The van der Waals surface area contributed by atoms with E-state index < -0.39 is 18.0 Å². The van der Waals surface area contributed by atoms with E-state index in [2.05, 4.69) is 5.32 Å². The fraction of sp³-hybridized carbons (Fsp3) is 0.250. The quantitative estimate of drug-likeness (QED) is 0.644. The molecule has 0 aliphatic rings. The second-order valence-electron chi connectivity index (χ2n) is 5.72. The van der Waals surface area contributed by atoms with Gasteiger partial charge in [0.2, 0.25) is 0 Å². The number of ether oxygens (including phenoxy) is 1. The minimum absolute atomic E-state index is 0.0470. The lowest BCUT2D eigenvalue weighted by Gasteiger charge is -2.14. The van der Waals surface area contributed by atoms with Crippen LogP contribution in [0.3, 0.4) is 0 Å². The molecule has 130 valence electrons. The number of hydrogen-bond donors (Lipinski definition) is 1. The first-order valence-electron chi connectivity index (χ1n) is 8.12. The van der Waals surface area contributed by atoms with Crippen LogP contribution in [0.4, 0.5) is 5.69 Å². The lowest BCUT2D eigenvalue weighted by atomic mass is 10.1. The van der Waals surface area contributed by atoms with E-state index in [1.54, 1.807) is 36.4 Å². The van der Waals surface area contributed by atoms with Gasteiger partial charge in [0.1, 0.15) is 0 Å². The highest BCUT2D eigenvalue weighted by Crippen LogP contribution is 2.12. The summed E-state index contributed by atoms with van der Waals surface area (Å²) < 4.78 is 5.20. The van der Waals surface area contributed by atoms with E-state index in [-0.39, 0.29) is 5.78 Å². The maximum atomic E-state index is 12.1. The van der Waals surface area contributed by atoms with Crippen molar-refractivity contribution in [3.8, 4) is 0 Å². The molecule has 0 radical (unpaired) electrons. The molecule has 0 spiro atoms. The molecule has 0 aromatic heterocycles. The van der Waals surface area contributed by atoms with E-state index in [0.717, 1.165) is 12.0 Å². The van der Waals surface area contributed by atoms with E-state index in [4.69, 9.17) is 4.74 Å². The summed E-state index contributed by atoms with van der Waals surface area (Å²) >= 11 is 0. The van der Waals surface area contributed by atoms with Crippen LogP contribution in [0.25, 0.3) is 0 Å². The zero-order chi connectivity index (χ0) is 18.4. The second-order valence-corrected chi connectivity index (χ2v) is 5.72. The molecule has 5 heteroatoms. The first kappa shape index (κ1) is 18.4. The zero-order valence-corrected chi connectivity index (χ0v) is 14.5. The maximum absolute atomic E-state index is 12.1. The number of Topliss-reactive ketones (excluding diaryl/α,β-unsaturated/α-hetero) is 1. The van der Waals surface area contributed by atoms with Crippen LogP contribution in [-0.4, -0.2) is 23.8 Å². The van der Waals surface area contributed by atoms with Gasteiger partial charge in [-0.15, -0.1) is 0 Å². The molecule has 1 atom stereocenters. The predicted octanol–water partition coefficient (Wildman–Crippen LogP) is 3.64. The Kier molecular flexibility index (Phi) is 6.06. The number of hydrogen-bond acceptors (Lipinski definition) is 4. The third-order valence-corrected chi connectivity index (χ3v) is 3.81. The fourth-order valence-corrected chi connectivity index (χ4v) is 2.19. The largest absolute Gasteiger partial charge is 0.449 e. The minimum Gasteiger partial charge on any atom is -0.449 e. The summed E-state index contributed by atoms with van der Waals surface area (Å²) in [6.45, 7) is 5.02. The van der Waals surface area contributed by atoms with Gasteiger partial charge in [0.25, 0.3) is 5.91 Å². The van der Waals surface area contributed by atoms with Crippen molar-refractivity contribution in [1.82, 2.24) is 0 Å². The lowest BCUT2D eigenvalue weighted by molar-refractivity contribution is -0.123. The number of carbonyl (C=O) groups is 3. The van der Waals surface area contributed by atoms with Crippen molar-refractivity contribution in [2.75, 3.05) is 5.32 Å². The van der Waals surface area contributed by atoms with Gasteiger partial charge in [0.05, 0.1) is 5.56 Å². The van der Waals surface area contributed by atoms with Crippen molar-refractivity contribution in [2.24, 2.45) is 0 Å². The Morgan fingerprint density at radius 2 is 1.52 bits per heavy atom. The lowest BCUT2D eigenvalue weighted by Crippen LogP contribution is -2.30. The number of nitrogens with one attached hydrogen (secondary N) is 1. The van der Waals surface area contributed by atoms with Crippen LogP contribution in [0.5, 0.6) is 0 Å². The Balaban J connectivity index is 1.94. The third kappa shape index (κ3) is 5.01. The summed E-state index contributed by atoms with van der Waals surface area (Å²) in [5.41, 5.74) is 2.62. The fourth-order valence-electron chi connectivity index (χ4n) is 2.19. The van der Waals surface area contributed by atoms with Crippen LogP contribution < -0.4 is 5.32 Å². The van der Waals surface area contributed by atoms with Gasteiger partial charge in [-0.05, 0) is 62.2 Å². The van der Waals surface area contributed by atoms with Crippen LogP contribution in [0.2, 0.25) is 0 Å². The molecule has 0 aliphatic carbocycles. The molecule has 0 aliphatic heterocycles. The highest BCUT2D eigenvalue weighted by Gasteiger charge is 2.19. The van der Waals surface area contributed by atoms with Gasteiger partial charge in [-0.1, -0.05) is 19.1 Å². The first-order valence-corrected chi connectivity index (χ1v) is 8.12. The normalized spacial score (nSPS) is 11.5. The number of rotatable bonds is 6. The monoisotopic (exact) mass is 339 g/mol. The standard InChI is InChI=1S/C20H21NO4/c1-4-15-5-7-17(8-6-15)20(24)25-14(3)19(23)21-18-11-9-16(10-12-18)13(2)22/h5-12,14H,4H2,1-3H3,(H,21,23). The molecule has 25 heavy (non-hydrogen) atoms. The van der Waals surface area contributed by atoms with Crippen LogP contribution in [0.1, 0.15) is 47.1 Å². The molecule has 0 fully saturated rings. The first-order chi connectivity index (χ1) is 11.9. The number of amides is 1. The summed E-state index contributed by atoms with van der Waals surface area (Å²) in [5, 5.41) is 2.66. The molecular weight excluding hydrogens is 318 g/mol. The van der Waals surface area contributed by atoms with Crippen molar-refractivity contribution in [2.45, 2.75) is 33.3 Å². The number of carbonyl (C=O) groups excluding carboxylic acids is 3. The molecule has 0 saturated heterocycles. The highest BCUT2D eigenvalue weighted by molar-refractivity contribution is 5.98. The second kappa shape index (κ2) is 8.24. The Hall–Kier alpha value is -2.95. The molecule has 1 amide bonds. The summed E-state index contributed by atoms with van der Waals surface area (Å²) in [6.07, 6.45) is -0.0536. The molecular formula is C20H21NO4. The van der Waals surface area contributed by atoms with E-state index >= 15 is 0 Å². The van der Waals surface area contributed by atoms with E-state index in [9.17, 15) is 14.4 Å². The van der Waals surface area contributed by atoms with Crippen molar-refractivity contribution in [1.29, 1.82) is 0 Å². The third-order valence-electron chi connectivity index (χ3n) is 3.81. The minimum atomic E-state index is -0.939. The molecule has 0 heterocycles. The Morgan fingerprint density at radius 1 is 0.960 bits per heavy atom.